The standard InChI is InChI=1S/C14H20FN3O2/c1-17-6-7-18(2)10(9-17)8-16-12-5-3-4-11(15)13(12)14(19)20/h3-5,10,16H,6-9H2,1-2H3,(H,19,20). The molecule has 0 amide bonds. The highest BCUT2D eigenvalue weighted by Crippen LogP contribution is 2.19. The lowest BCUT2D eigenvalue weighted by molar-refractivity contribution is 0.0693. The molecule has 1 saturated heterocycles. The second-order valence-corrected chi connectivity index (χ2v) is 5.25. The fourth-order valence-electron chi connectivity index (χ4n) is 2.44. The molecule has 0 saturated carbocycles. The Balaban J connectivity index is 2.07. The van der Waals surface area contributed by atoms with Crippen molar-refractivity contribution in [3.8, 4) is 0 Å². The molecule has 0 bridgehead atoms. The number of nitrogens with zero attached hydrogens (tertiary/aromatic N) is 2. The van der Waals surface area contributed by atoms with Gasteiger partial charge in [0.1, 0.15) is 11.4 Å². The number of carboxylic acids is 1. The van der Waals surface area contributed by atoms with E-state index in [1.807, 2.05) is 7.05 Å². The van der Waals surface area contributed by atoms with Crippen molar-refractivity contribution in [1.82, 2.24) is 9.80 Å². The Morgan fingerprint density at radius 3 is 2.90 bits per heavy atom. The smallest absolute Gasteiger partial charge is 0.340 e. The van der Waals surface area contributed by atoms with Crippen molar-refractivity contribution >= 4 is 11.7 Å². The second-order valence-electron chi connectivity index (χ2n) is 5.25. The average Bonchev–Trinajstić information content (AvgIpc) is 2.39. The number of hydrogen-bond donors (Lipinski definition) is 2. The Morgan fingerprint density at radius 2 is 2.20 bits per heavy atom. The van der Waals surface area contributed by atoms with Gasteiger partial charge < -0.3 is 15.3 Å². The largest absolute Gasteiger partial charge is 0.478 e. The maximum atomic E-state index is 13.6. The molecule has 2 rings (SSSR count). The minimum Gasteiger partial charge on any atom is -0.478 e. The van der Waals surface area contributed by atoms with Gasteiger partial charge in [0.05, 0.1) is 5.69 Å². The summed E-state index contributed by atoms with van der Waals surface area (Å²) in [5.74, 6) is -1.96. The average molecular weight is 281 g/mol. The van der Waals surface area contributed by atoms with E-state index in [0.29, 0.717) is 12.2 Å². The van der Waals surface area contributed by atoms with E-state index >= 15 is 0 Å². The van der Waals surface area contributed by atoms with Crippen LogP contribution in [0, 0.1) is 5.82 Å². The van der Waals surface area contributed by atoms with Crippen LogP contribution in [-0.4, -0.2) is 67.2 Å². The summed E-state index contributed by atoms with van der Waals surface area (Å²) in [6.45, 7) is 3.48. The first-order valence-corrected chi connectivity index (χ1v) is 6.63. The summed E-state index contributed by atoms with van der Waals surface area (Å²) in [6.07, 6.45) is 0. The number of likely N-dealkylation sites (N-methyl/N-ethyl adjacent to an activating group) is 2. The van der Waals surface area contributed by atoms with Crippen molar-refractivity contribution in [3.63, 3.8) is 0 Å². The van der Waals surface area contributed by atoms with Crippen molar-refractivity contribution in [3.05, 3.63) is 29.6 Å². The fraction of sp³-hybridized carbons (Fsp3) is 0.500. The number of nitrogens with one attached hydrogen (secondary N) is 1. The zero-order valence-corrected chi connectivity index (χ0v) is 11.8. The van der Waals surface area contributed by atoms with Gasteiger partial charge in [-0.3, -0.25) is 4.90 Å². The molecule has 1 fully saturated rings. The molecule has 0 spiro atoms. The Morgan fingerprint density at radius 1 is 1.45 bits per heavy atom. The summed E-state index contributed by atoms with van der Waals surface area (Å²) in [7, 11) is 4.11. The van der Waals surface area contributed by atoms with E-state index in [4.69, 9.17) is 5.11 Å². The molecule has 20 heavy (non-hydrogen) atoms. The third-order valence-corrected chi connectivity index (χ3v) is 3.74. The molecule has 1 atom stereocenters. The van der Waals surface area contributed by atoms with Gasteiger partial charge in [0.2, 0.25) is 0 Å². The van der Waals surface area contributed by atoms with E-state index in [1.54, 1.807) is 6.07 Å². The van der Waals surface area contributed by atoms with E-state index in [9.17, 15) is 9.18 Å². The molecule has 1 unspecified atom stereocenters. The third kappa shape index (κ3) is 3.26. The predicted octanol–water partition coefficient (Wildman–Crippen LogP) is 1.18. The van der Waals surface area contributed by atoms with Crippen LogP contribution >= 0.6 is 0 Å². The van der Waals surface area contributed by atoms with Crippen LogP contribution in [0.3, 0.4) is 0 Å². The van der Waals surface area contributed by atoms with Crippen LogP contribution in [0.5, 0.6) is 0 Å². The highest BCUT2D eigenvalue weighted by molar-refractivity contribution is 5.94. The second kappa shape index (κ2) is 6.19. The summed E-state index contributed by atoms with van der Waals surface area (Å²) in [5, 5.41) is 12.1. The van der Waals surface area contributed by atoms with Crippen molar-refractivity contribution in [2.45, 2.75) is 6.04 Å². The van der Waals surface area contributed by atoms with Gasteiger partial charge in [-0.15, -0.1) is 0 Å². The summed E-state index contributed by atoms with van der Waals surface area (Å²) in [4.78, 5) is 15.6. The molecular formula is C14H20FN3O2. The van der Waals surface area contributed by atoms with E-state index < -0.39 is 11.8 Å². The maximum absolute atomic E-state index is 13.6. The molecule has 5 nitrogen and oxygen atoms in total. The molecule has 1 aliphatic rings. The van der Waals surface area contributed by atoms with Crippen molar-refractivity contribution < 1.29 is 14.3 Å². The minimum atomic E-state index is -1.25. The third-order valence-electron chi connectivity index (χ3n) is 3.74. The number of hydrogen-bond acceptors (Lipinski definition) is 4. The van der Waals surface area contributed by atoms with Gasteiger partial charge >= 0.3 is 5.97 Å². The van der Waals surface area contributed by atoms with Gasteiger partial charge in [0.25, 0.3) is 0 Å². The number of carbonyl (C=O) groups is 1. The number of halogens is 1. The molecule has 1 aliphatic heterocycles. The monoisotopic (exact) mass is 281 g/mol. The van der Waals surface area contributed by atoms with Gasteiger partial charge in [0, 0.05) is 32.2 Å². The van der Waals surface area contributed by atoms with E-state index in [1.165, 1.54) is 6.07 Å². The molecule has 6 heteroatoms. The van der Waals surface area contributed by atoms with Gasteiger partial charge in [-0.25, -0.2) is 9.18 Å². The zero-order valence-electron chi connectivity index (χ0n) is 11.8. The number of benzene rings is 1. The summed E-state index contributed by atoms with van der Waals surface area (Å²) >= 11 is 0. The molecule has 0 radical (unpaired) electrons. The van der Waals surface area contributed by atoms with E-state index in [-0.39, 0.29) is 11.6 Å². The van der Waals surface area contributed by atoms with Crippen molar-refractivity contribution in [2.75, 3.05) is 45.6 Å². The number of anilines is 1. The lowest BCUT2D eigenvalue weighted by Gasteiger charge is -2.38. The highest BCUT2D eigenvalue weighted by atomic mass is 19.1. The molecule has 0 aromatic heterocycles. The zero-order chi connectivity index (χ0) is 14.7. The summed E-state index contributed by atoms with van der Waals surface area (Å²) < 4.78 is 13.6. The van der Waals surface area contributed by atoms with Crippen LogP contribution in [0.1, 0.15) is 10.4 Å². The van der Waals surface area contributed by atoms with Crippen LogP contribution in [0.2, 0.25) is 0 Å². The molecule has 2 N–H and O–H groups in total. The molecule has 110 valence electrons. The van der Waals surface area contributed by atoms with E-state index in [0.717, 1.165) is 25.7 Å². The molecule has 1 aromatic rings. The molecule has 0 aliphatic carbocycles. The van der Waals surface area contributed by atoms with E-state index in [2.05, 4.69) is 22.2 Å². The Labute approximate surface area is 118 Å². The first-order valence-electron chi connectivity index (χ1n) is 6.63. The number of aromatic carboxylic acids is 1. The van der Waals surface area contributed by atoms with Gasteiger partial charge in [-0.2, -0.15) is 0 Å². The maximum Gasteiger partial charge on any atom is 0.340 e. The first kappa shape index (κ1) is 14.7. The topological polar surface area (TPSA) is 55.8 Å². The van der Waals surface area contributed by atoms with Gasteiger partial charge in [-0.05, 0) is 26.2 Å². The minimum absolute atomic E-state index is 0.277. The SMILES string of the molecule is CN1CCN(C)C(CNc2cccc(F)c2C(=O)O)C1. The summed E-state index contributed by atoms with van der Waals surface area (Å²) in [6, 6.07) is 4.55. The van der Waals surface area contributed by atoms with Crippen LogP contribution in [0.4, 0.5) is 10.1 Å². The molecule has 1 heterocycles. The van der Waals surface area contributed by atoms with Crippen LogP contribution < -0.4 is 5.32 Å². The number of piperazine rings is 1. The quantitative estimate of drug-likeness (QED) is 0.868. The molecule has 1 aromatic carbocycles. The predicted molar refractivity (Wildman–Crippen MR) is 75.8 cm³/mol. The van der Waals surface area contributed by atoms with Crippen LogP contribution in [0.25, 0.3) is 0 Å². The first-order chi connectivity index (χ1) is 9.49. The lowest BCUT2D eigenvalue weighted by atomic mass is 10.1. The van der Waals surface area contributed by atoms with Gasteiger partial charge in [-0.1, -0.05) is 6.07 Å². The number of rotatable bonds is 4. The number of carboxylic acid groups (broad SMARTS) is 1. The Hall–Kier alpha value is -1.66. The molecular weight excluding hydrogens is 261 g/mol. The summed E-state index contributed by atoms with van der Waals surface area (Å²) in [5.41, 5.74) is 0.0402. The normalized spacial score (nSPS) is 20.9. The fourth-order valence-corrected chi connectivity index (χ4v) is 2.44. The highest BCUT2D eigenvalue weighted by Gasteiger charge is 2.23. The van der Waals surface area contributed by atoms with Crippen molar-refractivity contribution in [2.24, 2.45) is 0 Å². The van der Waals surface area contributed by atoms with Crippen molar-refractivity contribution in [1.29, 1.82) is 0 Å². The van der Waals surface area contributed by atoms with Crippen LogP contribution in [-0.2, 0) is 0 Å². The Bertz CT molecular complexity index is 495. The van der Waals surface area contributed by atoms with Gasteiger partial charge in [0.15, 0.2) is 0 Å². The lowest BCUT2D eigenvalue weighted by Crippen LogP contribution is -2.52. The Kier molecular flexibility index (Phi) is 4.57. The van der Waals surface area contributed by atoms with Crippen LogP contribution in [0.15, 0.2) is 18.2 Å².